The monoisotopic (exact) mass is 350 g/mol. The third-order valence-corrected chi connectivity index (χ3v) is 3.65. The maximum atomic E-state index is 11.6. The van der Waals surface area contributed by atoms with Crippen LogP contribution >= 0.6 is 11.6 Å². The lowest BCUT2D eigenvalue weighted by Gasteiger charge is -2.19. The Morgan fingerprint density at radius 1 is 1.25 bits per heavy atom. The Balaban J connectivity index is 1.81. The van der Waals surface area contributed by atoms with Crippen LogP contribution in [0.25, 0.3) is 0 Å². The number of halogens is 1. The molecule has 128 valence electrons. The van der Waals surface area contributed by atoms with Gasteiger partial charge in [0.25, 0.3) is 0 Å². The molecule has 0 aliphatic carbocycles. The number of ether oxygens (including phenoxy) is 1. The zero-order chi connectivity index (χ0) is 17.5. The summed E-state index contributed by atoms with van der Waals surface area (Å²) >= 11 is 5.76. The molecule has 6 nitrogen and oxygen atoms in total. The van der Waals surface area contributed by atoms with Crippen LogP contribution in [0.1, 0.15) is 22.9 Å². The minimum absolute atomic E-state index is 0.130. The van der Waals surface area contributed by atoms with Gasteiger partial charge in [-0.2, -0.15) is 0 Å². The molecule has 7 heteroatoms. The zero-order valence-corrected chi connectivity index (χ0v) is 13.9. The van der Waals surface area contributed by atoms with Crippen LogP contribution in [0, 0.1) is 6.92 Å². The van der Waals surface area contributed by atoms with Gasteiger partial charge in [-0.1, -0.05) is 48.0 Å². The van der Waals surface area contributed by atoms with E-state index in [-0.39, 0.29) is 13.2 Å². The summed E-state index contributed by atoms with van der Waals surface area (Å²) in [6.07, 6.45) is -3.06. The van der Waals surface area contributed by atoms with Crippen LogP contribution in [0.15, 0.2) is 42.5 Å². The predicted molar refractivity (Wildman–Crippen MR) is 89.6 cm³/mol. The minimum Gasteiger partial charge on any atom is -0.445 e. The molecule has 24 heavy (non-hydrogen) atoms. The van der Waals surface area contributed by atoms with E-state index >= 15 is 0 Å². The highest BCUT2D eigenvalue weighted by Gasteiger charge is 2.21. The fraction of sp³-hybridized carbons (Fsp3) is 0.294. The normalized spacial score (nSPS) is 13.2. The highest BCUT2D eigenvalue weighted by Crippen LogP contribution is 2.21. The average molecular weight is 351 g/mol. The average Bonchev–Trinajstić information content (AvgIpc) is 2.58. The lowest BCUT2D eigenvalue weighted by atomic mass is 10.0. The van der Waals surface area contributed by atoms with Gasteiger partial charge in [-0.05, 0) is 18.6 Å². The van der Waals surface area contributed by atoms with Crippen molar-refractivity contribution in [1.29, 1.82) is 0 Å². The van der Waals surface area contributed by atoms with Crippen LogP contribution in [-0.4, -0.2) is 33.9 Å². The number of aliphatic hydroxyl groups excluding tert-OH is 2. The lowest BCUT2D eigenvalue weighted by Crippen LogP contribution is -2.36. The number of aryl methyl sites for hydroxylation is 1. The Morgan fingerprint density at radius 3 is 2.62 bits per heavy atom. The maximum absolute atomic E-state index is 11.6. The second-order valence-corrected chi connectivity index (χ2v) is 5.65. The van der Waals surface area contributed by atoms with Gasteiger partial charge in [0.2, 0.25) is 0 Å². The first-order valence-electron chi connectivity index (χ1n) is 7.41. The summed E-state index contributed by atoms with van der Waals surface area (Å²) in [4.78, 5) is 15.7. The first-order chi connectivity index (χ1) is 11.5. The molecule has 2 rings (SSSR count). The second-order valence-electron chi connectivity index (χ2n) is 5.26. The molecule has 0 bridgehead atoms. The molecule has 3 N–H and O–H groups in total. The summed E-state index contributed by atoms with van der Waals surface area (Å²) in [5, 5.41) is 22.9. The molecule has 0 spiro atoms. The number of amides is 1. The molecule has 0 aliphatic rings. The SMILES string of the molecule is Cc1nc(Cl)ccc1C(O)C(O)CNC(=O)OCc1ccccc1. The molecule has 1 amide bonds. The van der Waals surface area contributed by atoms with Crippen LogP contribution in [-0.2, 0) is 11.3 Å². The van der Waals surface area contributed by atoms with Crippen molar-refractivity contribution < 1.29 is 19.7 Å². The van der Waals surface area contributed by atoms with Gasteiger partial charge in [0, 0.05) is 17.8 Å². The summed E-state index contributed by atoms with van der Waals surface area (Å²) in [7, 11) is 0. The molecule has 0 saturated carbocycles. The quantitative estimate of drug-likeness (QED) is 0.696. The van der Waals surface area contributed by atoms with E-state index in [1.807, 2.05) is 30.3 Å². The number of alkyl carbamates (subject to hydrolysis) is 1. The minimum atomic E-state index is -1.20. The van der Waals surface area contributed by atoms with Crippen LogP contribution in [0.4, 0.5) is 4.79 Å². The third-order valence-electron chi connectivity index (χ3n) is 3.44. The van der Waals surface area contributed by atoms with Crippen molar-refractivity contribution in [3.63, 3.8) is 0 Å². The molecule has 0 radical (unpaired) electrons. The molecule has 2 atom stereocenters. The predicted octanol–water partition coefficient (Wildman–Crippen LogP) is 2.36. The van der Waals surface area contributed by atoms with E-state index in [1.54, 1.807) is 13.0 Å². The van der Waals surface area contributed by atoms with E-state index in [1.165, 1.54) is 6.07 Å². The Morgan fingerprint density at radius 2 is 1.96 bits per heavy atom. The van der Waals surface area contributed by atoms with E-state index in [2.05, 4.69) is 10.3 Å². The van der Waals surface area contributed by atoms with Gasteiger partial charge >= 0.3 is 6.09 Å². The summed E-state index contributed by atoms with van der Waals surface area (Å²) in [6, 6.07) is 12.4. The van der Waals surface area contributed by atoms with Crippen LogP contribution in [0.5, 0.6) is 0 Å². The molecule has 0 saturated heterocycles. The summed E-state index contributed by atoms with van der Waals surface area (Å²) in [5.74, 6) is 0. The number of benzene rings is 1. The number of carbonyl (C=O) groups excluding carboxylic acids is 1. The second kappa shape index (κ2) is 8.63. The van der Waals surface area contributed by atoms with Gasteiger partial charge in [0.05, 0.1) is 0 Å². The van der Waals surface area contributed by atoms with Crippen LogP contribution in [0.2, 0.25) is 5.15 Å². The molecule has 2 unspecified atom stereocenters. The standard InChI is InChI=1S/C17H19ClN2O4/c1-11-13(7-8-15(18)20-11)16(22)14(21)9-19-17(23)24-10-12-5-3-2-4-6-12/h2-8,14,16,21-22H,9-10H2,1H3,(H,19,23). The molecule has 0 fully saturated rings. The number of nitrogens with zero attached hydrogens (tertiary/aromatic N) is 1. The van der Waals surface area contributed by atoms with Crippen LogP contribution in [0.3, 0.4) is 0 Å². The molecule has 1 aromatic carbocycles. The fourth-order valence-electron chi connectivity index (χ4n) is 2.13. The van der Waals surface area contributed by atoms with Gasteiger partial charge in [0.1, 0.15) is 24.0 Å². The van der Waals surface area contributed by atoms with E-state index in [9.17, 15) is 15.0 Å². The van der Waals surface area contributed by atoms with Gasteiger partial charge in [-0.25, -0.2) is 9.78 Å². The molecular formula is C17H19ClN2O4. The van der Waals surface area contributed by atoms with Crippen molar-refractivity contribution in [1.82, 2.24) is 10.3 Å². The number of pyridine rings is 1. The van der Waals surface area contributed by atoms with Crippen molar-refractivity contribution in [2.45, 2.75) is 25.7 Å². The number of carbonyl (C=O) groups is 1. The molecule has 1 aromatic heterocycles. The summed E-state index contributed by atoms with van der Waals surface area (Å²) in [5.41, 5.74) is 1.82. The molecule has 0 aliphatic heterocycles. The highest BCUT2D eigenvalue weighted by atomic mass is 35.5. The van der Waals surface area contributed by atoms with Crippen molar-refractivity contribution in [3.8, 4) is 0 Å². The Bertz CT molecular complexity index is 682. The van der Waals surface area contributed by atoms with Crippen LogP contribution < -0.4 is 5.32 Å². The highest BCUT2D eigenvalue weighted by molar-refractivity contribution is 6.29. The van der Waals surface area contributed by atoms with E-state index < -0.39 is 18.3 Å². The fourth-order valence-corrected chi connectivity index (χ4v) is 2.32. The number of nitrogens with one attached hydrogen (secondary N) is 1. The molecular weight excluding hydrogens is 332 g/mol. The summed E-state index contributed by atoms with van der Waals surface area (Å²) in [6.45, 7) is 1.65. The summed E-state index contributed by atoms with van der Waals surface area (Å²) < 4.78 is 5.03. The van der Waals surface area contributed by atoms with Gasteiger partial charge < -0.3 is 20.3 Å². The lowest BCUT2D eigenvalue weighted by molar-refractivity contribution is 0.0178. The zero-order valence-electron chi connectivity index (χ0n) is 13.1. The van der Waals surface area contributed by atoms with Gasteiger partial charge in [-0.15, -0.1) is 0 Å². The maximum Gasteiger partial charge on any atom is 0.407 e. The number of aromatic nitrogens is 1. The Kier molecular flexibility index (Phi) is 6.54. The first kappa shape index (κ1) is 18.2. The van der Waals surface area contributed by atoms with Crippen molar-refractivity contribution >= 4 is 17.7 Å². The van der Waals surface area contributed by atoms with Crippen molar-refractivity contribution in [3.05, 3.63) is 64.4 Å². The number of hydrogen-bond donors (Lipinski definition) is 3. The molecule has 1 heterocycles. The van der Waals surface area contributed by atoms with Gasteiger partial charge in [-0.3, -0.25) is 0 Å². The first-order valence-corrected chi connectivity index (χ1v) is 7.79. The third kappa shape index (κ3) is 5.19. The van der Waals surface area contributed by atoms with Crippen molar-refractivity contribution in [2.75, 3.05) is 6.54 Å². The Labute approximate surface area is 145 Å². The molecule has 2 aromatic rings. The smallest absolute Gasteiger partial charge is 0.407 e. The topological polar surface area (TPSA) is 91.7 Å². The largest absolute Gasteiger partial charge is 0.445 e. The Hall–Kier alpha value is -2.15. The van der Waals surface area contributed by atoms with E-state index in [0.29, 0.717) is 16.4 Å². The van der Waals surface area contributed by atoms with Gasteiger partial charge in [0.15, 0.2) is 0 Å². The number of aliphatic hydroxyl groups is 2. The number of hydrogen-bond acceptors (Lipinski definition) is 5. The van der Waals surface area contributed by atoms with E-state index in [4.69, 9.17) is 16.3 Å². The van der Waals surface area contributed by atoms with Crippen molar-refractivity contribution in [2.24, 2.45) is 0 Å². The number of rotatable bonds is 6. The van der Waals surface area contributed by atoms with E-state index in [0.717, 1.165) is 5.56 Å².